The highest BCUT2D eigenvalue weighted by atomic mass is 32.1. The molecule has 1 aromatic carbocycles. The van der Waals surface area contributed by atoms with Gasteiger partial charge in [-0.15, -0.1) is 11.3 Å². The summed E-state index contributed by atoms with van der Waals surface area (Å²) in [5.41, 5.74) is 2.98. The van der Waals surface area contributed by atoms with Gasteiger partial charge in [-0.3, -0.25) is 0 Å². The van der Waals surface area contributed by atoms with Crippen LogP contribution in [0.3, 0.4) is 0 Å². The number of esters is 1. The summed E-state index contributed by atoms with van der Waals surface area (Å²) < 4.78 is 12.1. The van der Waals surface area contributed by atoms with E-state index in [4.69, 9.17) is 9.47 Å². The van der Waals surface area contributed by atoms with E-state index in [1.807, 2.05) is 60.3 Å². The smallest absolute Gasteiger partial charge is 0.350 e. The normalized spacial score (nSPS) is 10.6. The number of carbonyl (C=O) groups excluding carboxylic acids is 1. The van der Waals surface area contributed by atoms with E-state index in [0.717, 1.165) is 27.4 Å². The van der Waals surface area contributed by atoms with Gasteiger partial charge in [0.15, 0.2) is 0 Å². The number of hydrogen-bond acceptors (Lipinski definition) is 4. The minimum Gasteiger partial charge on any atom is -0.497 e. The van der Waals surface area contributed by atoms with Crippen molar-refractivity contribution in [2.75, 3.05) is 14.2 Å². The molecule has 0 unspecified atom stereocenters. The van der Waals surface area contributed by atoms with Crippen LogP contribution >= 0.6 is 11.3 Å². The molecule has 0 aliphatic carbocycles. The van der Waals surface area contributed by atoms with Crippen LogP contribution in [0.25, 0.3) is 16.1 Å². The Hall–Kier alpha value is -2.53. The van der Waals surface area contributed by atoms with Crippen LogP contribution in [0.4, 0.5) is 0 Å². The second-order valence-electron chi connectivity index (χ2n) is 5.04. The molecular weight excluding hydrogens is 310 g/mol. The van der Waals surface area contributed by atoms with Gasteiger partial charge in [-0.2, -0.15) is 0 Å². The molecule has 0 atom stereocenters. The molecule has 0 amide bonds. The van der Waals surface area contributed by atoms with E-state index < -0.39 is 0 Å². The number of carbonyl (C=O) groups is 1. The summed E-state index contributed by atoms with van der Waals surface area (Å²) >= 11 is 1.45. The zero-order valence-electron chi connectivity index (χ0n) is 13.2. The molecule has 4 nitrogen and oxygen atoms in total. The predicted octanol–water partition coefficient (Wildman–Crippen LogP) is 4.31. The first-order chi connectivity index (χ1) is 11.2. The van der Waals surface area contributed by atoms with Crippen molar-refractivity contribution in [1.82, 2.24) is 4.57 Å². The largest absolute Gasteiger partial charge is 0.497 e. The van der Waals surface area contributed by atoms with Gasteiger partial charge in [-0.25, -0.2) is 4.79 Å². The fourth-order valence-electron chi connectivity index (χ4n) is 2.55. The van der Waals surface area contributed by atoms with Gasteiger partial charge < -0.3 is 14.0 Å². The quantitative estimate of drug-likeness (QED) is 0.670. The SMILES string of the molecule is COC(=O)c1sc(-c2ccc(OC)cc2)c(C)c1-n1cccc1. The topological polar surface area (TPSA) is 40.5 Å². The molecule has 2 aromatic heterocycles. The van der Waals surface area contributed by atoms with Crippen molar-refractivity contribution in [2.24, 2.45) is 0 Å². The fraction of sp³-hybridized carbons (Fsp3) is 0.167. The molecule has 0 saturated carbocycles. The molecule has 0 aliphatic rings. The Kier molecular flexibility index (Phi) is 4.21. The van der Waals surface area contributed by atoms with Crippen LogP contribution in [-0.2, 0) is 4.74 Å². The fourth-order valence-corrected chi connectivity index (χ4v) is 3.78. The van der Waals surface area contributed by atoms with Gasteiger partial charge in [0.05, 0.1) is 19.9 Å². The highest BCUT2D eigenvalue weighted by Crippen LogP contribution is 2.39. The van der Waals surface area contributed by atoms with Gasteiger partial charge in [0, 0.05) is 17.3 Å². The van der Waals surface area contributed by atoms with Crippen LogP contribution in [0.2, 0.25) is 0 Å². The molecule has 5 heteroatoms. The number of ether oxygens (including phenoxy) is 2. The van der Waals surface area contributed by atoms with E-state index in [9.17, 15) is 4.79 Å². The average molecular weight is 327 g/mol. The number of methoxy groups -OCH3 is 2. The number of hydrogen-bond donors (Lipinski definition) is 0. The summed E-state index contributed by atoms with van der Waals surface area (Å²) in [4.78, 5) is 13.8. The Morgan fingerprint density at radius 1 is 1.09 bits per heavy atom. The Morgan fingerprint density at radius 3 is 2.30 bits per heavy atom. The maximum Gasteiger partial charge on any atom is 0.350 e. The van der Waals surface area contributed by atoms with Crippen LogP contribution in [0.5, 0.6) is 5.75 Å². The van der Waals surface area contributed by atoms with E-state index in [-0.39, 0.29) is 5.97 Å². The van der Waals surface area contributed by atoms with Crippen molar-refractivity contribution < 1.29 is 14.3 Å². The lowest BCUT2D eigenvalue weighted by Gasteiger charge is -2.06. The lowest BCUT2D eigenvalue weighted by molar-refractivity contribution is 0.0606. The molecule has 3 aromatic rings. The highest BCUT2D eigenvalue weighted by Gasteiger charge is 2.22. The van der Waals surface area contributed by atoms with Crippen LogP contribution in [0, 0.1) is 6.92 Å². The van der Waals surface area contributed by atoms with Crippen molar-refractivity contribution in [3.63, 3.8) is 0 Å². The Bertz CT molecular complexity index is 817. The monoisotopic (exact) mass is 327 g/mol. The van der Waals surface area contributed by atoms with E-state index in [0.29, 0.717) is 4.88 Å². The first-order valence-electron chi connectivity index (χ1n) is 7.15. The van der Waals surface area contributed by atoms with E-state index in [1.165, 1.54) is 18.4 Å². The number of nitrogens with zero attached hydrogens (tertiary/aromatic N) is 1. The van der Waals surface area contributed by atoms with Gasteiger partial charge in [0.1, 0.15) is 10.6 Å². The molecule has 0 radical (unpaired) electrons. The third-order valence-corrected chi connectivity index (χ3v) is 5.01. The summed E-state index contributed by atoms with van der Waals surface area (Å²) in [6.45, 7) is 2.03. The predicted molar refractivity (Wildman–Crippen MR) is 91.7 cm³/mol. The van der Waals surface area contributed by atoms with Gasteiger partial charge in [0.2, 0.25) is 0 Å². The van der Waals surface area contributed by atoms with Gasteiger partial charge >= 0.3 is 5.97 Å². The van der Waals surface area contributed by atoms with E-state index >= 15 is 0 Å². The number of thiophene rings is 1. The molecule has 0 N–H and O–H groups in total. The number of benzene rings is 1. The molecular formula is C18H17NO3S. The minimum atomic E-state index is -0.318. The summed E-state index contributed by atoms with van der Waals surface area (Å²) in [6.07, 6.45) is 3.86. The standard InChI is InChI=1S/C18H17NO3S/c1-12-15(19-10-4-5-11-19)17(18(20)22-3)23-16(12)13-6-8-14(21-2)9-7-13/h4-11H,1-3H3. The molecule has 2 heterocycles. The van der Waals surface area contributed by atoms with Gasteiger partial charge in [0.25, 0.3) is 0 Å². The minimum absolute atomic E-state index is 0.318. The first kappa shape index (κ1) is 15.4. The van der Waals surface area contributed by atoms with Crippen LogP contribution in [0.15, 0.2) is 48.8 Å². The third-order valence-electron chi connectivity index (χ3n) is 3.70. The maximum atomic E-state index is 12.2. The van der Waals surface area contributed by atoms with Gasteiger partial charge in [-0.05, 0) is 54.4 Å². The summed E-state index contributed by atoms with van der Waals surface area (Å²) in [5.74, 6) is 0.489. The van der Waals surface area contributed by atoms with Crippen molar-refractivity contribution >= 4 is 17.3 Å². The van der Waals surface area contributed by atoms with Crippen molar-refractivity contribution in [3.05, 3.63) is 59.2 Å². The summed E-state index contributed by atoms with van der Waals surface area (Å²) in [5, 5.41) is 0. The molecule has 0 spiro atoms. The van der Waals surface area contributed by atoms with E-state index in [2.05, 4.69) is 0 Å². The summed E-state index contributed by atoms with van der Waals surface area (Å²) in [7, 11) is 3.05. The Morgan fingerprint density at radius 2 is 1.74 bits per heavy atom. The third kappa shape index (κ3) is 2.75. The molecule has 0 fully saturated rings. The maximum absolute atomic E-state index is 12.2. The lowest BCUT2D eigenvalue weighted by Crippen LogP contribution is -2.04. The van der Waals surface area contributed by atoms with Crippen molar-refractivity contribution in [2.45, 2.75) is 6.92 Å². The highest BCUT2D eigenvalue weighted by molar-refractivity contribution is 7.18. The summed E-state index contributed by atoms with van der Waals surface area (Å²) in [6, 6.07) is 11.7. The molecule has 0 saturated heterocycles. The molecule has 0 bridgehead atoms. The van der Waals surface area contributed by atoms with Crippen LogP contribution in [-0.4, -0.2) is 24.8 Å². The number of aromatic nitrogens is 1. The average Bonchev–Trinajstić information content (AvgIpc) is 3.21. The molecule has 118 valence electrons. The lowest BCUT2D eigenvalue weighted by atomic mass is 10.1. The van der Waals surface area contributed by atoms with Crippen LogP contribution in [0.1, 0.15) is 15.2 Å². The van der Waals surface area contributed by atoms with E-state index in [1.54, 1.807) is 7.11 Å². The Balaban J connectivity index is 2.16. The zero-order chi connectivity index (χ0) is 16.4. The molecule has 0 aliphatic heterocycles. The van der Waals surface area contributed by atoms with Gasteiger partial charge in [-0.1, -0.05) is 0 Å². The second kappa shape index (κ2) is 6.30. The van der Waals surface area contributed by atoms with Crippen molar-refractivity contribution in [1.29, 1.82) is 0 Å². The molecule has 3 rings (SSSR count). The van der Waals surface area contributed by atoms with Crippen LogP contribution < -0.4 is 4.74 Å². The second-order valence-corrected chi connectivity index (χ2v) is 6.06. The zero-order valence-corrected chi connectivity index (χ0v) is 14.0. The van der Waals surface area contributed by atoms with Crippen molar-refractivity contribution in [3.8, 4) is 21.9 Å². The number of rotatable bonds is 4. The molecule has 23 heavy (non-hydrogen) atoms. The Labute approximate surface area is 138 Å². The first-order valence-corrected chi connectivity index (χ1v) is 7.96.